The van der Waals surface area contributed by atoms with E-state index in [0.29, 0.717) is 28.6 Å². The van der Waals surface area contributed by atoms with Crippen LogP contribution in [0, 0.1) is 0 Å². The lowest BCUT2D eigenvalue weighted by atomic mass is 10.1. The number of aromatic nitrogens is 2. The predicted molar refractivity (Wildman–Crippen MR) is 97.1 cm³/mol. The Morgan fingerprint density at radius 2 is 1.81 bits per heavy atom. The van der Waals surface area contributed by atoms with Crippen molar-refractivity contribution >= 4 is 22.6 Å². The number of amides is 1. The summed E-state index contributed by atoms with van der Waals surface area (Å²) in [5.74, 6) is 0.967. The second-order valence-corrected chi connectivity index (χ2v) is 5.65. The largest absolute Gasteiger partial charge is 0.439 e. The zero-order valence-electron chi connectivity index (χ0n) is 13.8. The zero-order valence-corrected chi connectivity index (χ0v) is 13.8. The Balaban J connectivity index is 1.40. The topological polar surface area (TPSA) is 77.2 Å². The molecule has 4 rings (SSSR count). The average molecular weight is 345 g/mol. The van der Waals surface area contributed by atoms with Gasteiger partial charge in [0, 0.05) is 11.5 Å². The van der Waals surface area contributed by atoms with Gasteiger partial charge in [-0.25, -0.2) is 4.98 Å². The van der Waals surface area contributed by atoms with Crippen LogP contribution in [0.3, 0.4) is 0 Å². The lowest BCUT2D eigenvalue weighted by molar-refractivity contribution is -0.115. The van der Waals surface area contributed by atoms with E-state index in [-0.39, 0.29) is 12.3 Å². The molecule has 0 fully saturated rings. The third kappa shape index (κ3) is 3.54. The molecule has 0 spiro atoms. The smallest absolute Gasteiger partial charge is 0.230 e. The third-order valence-electron chi connectivity index (χ3n) is 3.77. The molecule has 128 valence electrons. The van der Waals surface area contributed by atoms with Crippen molar-refractivity contribution < 1.29 is 14.1 Å². The maximum atomic E-state index is 12.2. The van der Waals surface area contributed by atoms with Crippen LogP contribution in [0.1, 0.15) is 5.69 Å². The van der Waals surface area contributed by atoms with Crippen molar-refractivity contribution in [2.45, 2.75) is 6.42 Å². The Morgan fingerprint density at radius 1 is 1.00 bits per heavy atom. The molecule has 0 aliphatic rings. The fraction of sp³-hybridized carbons (Fsp3) is 0.0500. The molecule has 6 heteroatoms. The highest BCUT2D eigenvalue weighted by Crippen LogP contribution is 2.21. The van der Waals surface area contributed by atoms with Gasteiger partial charge in [-0.05, 0) is 30.3 Å². The molecule has 4 aromatic rings. The van der Waals surface area contributed by atoms with E-state index in [1.165, 1.54) is 0 Å². The predicted octanol–water partition coefficient (Wildman–Crippen LogP) is 4.20. The van der Waals surface area contributed by atoms with Gasteiger partial charge in [-0.15, -0.1) is 0 Å². The van der Waals surface area contributed by atoms with E-state index < -0.39 is 0 Å². The zero-order chi connectivity index (χ0) is 17.8. The van der Waals surface area contributed by atoms with Crippen LogP contribution in [-0.4, -0.2) is 16.0 Å². The number of hydrogen-bond acceptors (Lipinski definition) is 5. The molecule has 2 aromatic carbocycles. The van der Waals surface area contributed by atoms with E-state index in [4.69, 9.17) is 9.26 Å². The van der Waals surface area contributed by atoms with Crippen LogP contribution in [0.4, 0.5) is 5.69 Å². The summed E-state index contributed by atoms with van der Waals surface area (Å²) in [7, 11) is 0. The standard InChI is InChI=1S/C20H15N3O3/c24-19(12-17-16-8-4-5-9-18(16)26-23-17)22-14-10-11-20(21-13-14)25-15-6-2-1-3-7-15/h1-11,13H,12H2,(H,22,24). The molecule has 2 aromatic heterocycles. The van der Waals surface area contributed by atoms with Crippen molar-refractivity contribution in [3.63, 3.8) is 0 Å². The van der Waals surface area contributed by atoms with Gasteiger partial charge in [0.2, 0.25) is 11.8 Å². The second-order valence-electron chi connectivity index (χ2n) is 5.65. The Morgan fingerprint density at radius 3 is 2.62 bits per heavy atom. The average Bonchev–Trinajstić information content (AvgIpc) is 3.07. The first kappa shape index (κ1) is 15.8. The molecule has 0 radical (unpaired) electrons. The minimum absolute atomic E-state index is 0.124. The summed E-state index contributed by atoms with van der Waals surface area (Å²) in [5, 5.41) is 7.60. The first-order valence-electron chi connectivity index (χ1n) is 8.10. The molecule has 0 atom stereocenters. The van der Waals surface area contributed by atoms with Crippen molar-refractivity contribution in [1.82, 2.24) is 10.1 Å². The maximum Gasteiger partial charge on any atom is 0.230 e. The van der Waals surface area contributed by atoms with Gasteiger partial charge in [-0.1, -0.05) is 35.5 Å². The van der Waals surface area contributed by atoms with Gasteiger partial charge in [-0.3, -0.25) is 4.79 Å². The number of hydrogen-bond donors (Lipinski definition) is 1. The summed E-state index contributed by atoms with van der Waals surface area (Å²) in [6.45, 7) is 0. The van der Waals surface area contributed by atoms with E-state index in [0.717, 1.165) is 5.39 Å². The van der Waals surface area contributed by atoms with Crippen LogP contribution in [0.5, 0.6) is 11.6 Å². The normalized spacial score (nSPS) is 10.6. The summed E-state index contributed by atoms with van der Waals surface area (Å²) in [5.41, 5.74) is 1.86. The van der Waals surface area contributed by atoms with Crippen molar-refractivity contribution in [2.24, 2.45) is 0 Å². The number of anilines is 1. The number of benzene rings is 2. The summed E-state index contributed by atoms with van der Waals surface area (Å²) in [6.07, 6.45) is 1.68. The van der Waals surface area contributed by atoms with E-state index in [9.17, 15) is 4.79 Å². The van der Waals surface area contributed by atoms with Gasteiger partial charge in [0.1, 0.15) is 11.4 Å². The van der Waals surface area contributed by atoms with Crippen LogP contribution >= 0.6 is 0 Å². The number of nitrogens with zero attached hydrogens (tertiary/aromatic N) is 2. The van der Waals surface area contributed by atoms with E-state index in [1.807, 2.05) is 54.6 Å². The van der Waals surface area contributed by atoms with Gasteiger partial charge in [0.05, 0.1) is 18.3 Å². The van der Waals surface area contributed by atoms with Crippen LogP contribution in [0.15, 0.2) is 77.4 Å². The van der Waals surface area contributed by atoms with Crippen LogP contribution in [0.25, 0.3) is 11.0 Å². The molecule has 26 heavy (non-hydrogen) atoms. The Labute approximate surface area is 149 Å². The summed E-state index contributed by atoms with van der Waals surface area (Å²) >= 11 is 0. The van der Waals surface area contributed by atoms with Gasteiger partial charge in [-0.2, -0.15) is 0 Å². The first-order chi connectivity index (χ1) is 12.8. The third-order valence-corrected chi connectivity index (χ3v) is 3.77. The molecule has 0 bridgehead atoms. The van der Waals surface area contributed by atoms with E-state index in [2.05, 4.69) is 15.5 Å². The second kappa shape index (κ2) is 7.06. The van der Waals surface area contributed by atoms with Crippen molar-refractivity contribution in [3.8, 4) is 11.6 Å². The number of carbonyl (C=O) groups excluding carboxylic acids is 1. The van der Waals surface area contributed by atoms with Crippen molar-refractivity contribution in [1.29, 1.82) is 0 Å². The van der Waals surface area contributed by atoms with Gasteiger partial charge < -0.3 is 14.6 Å². The van der Waals surface area contributed by atoms with Crippen LogP contribution in [-0.2, 0) is 11.2 Å². The van der Waals surface area contributed by atoms with Crippen LogP contribution < -0.4 is 10.1 Å². The number of fused-ring (bicyclic) bond motifs is 1. The lowest BCUT2D eigenvalue weighted by Gasteiger charge is -2.06. The van der Waals surface area contributed by atoms with Gasteiger partial charge in [0.15, 0.2) is 5.58 Å². The first-order valence-corrected chi connectivity index (χ1v) is 8.10. The fourth-order valence-electron chi connectivity index (χ4n) is 2.55. The molecule has 1 N–H and O–H groups in total. The minimum atomic E-state index is -0.192. The van der Waals surface area contributed by atoms with E-state index >= 15 is 0 Å². The number of carbonyl (C=O) groups is 1. The Kier molecular flexibility index (Phi) is 4.30. The monoisotopic (exact) mass is 345 g/mol. The number of rotatable bonds is 5. The van der Waals surface area contributed by atoms with Gasteiger partial charge in [0.25, 0.3) is 0 Å². The molecule has 1 amide bonds. The summed E-state index contributed by atoms with van der Waals surface area (Å²) < 4.78 is 10.8. The SMILES string of the molecule is O=C(Cc1noc2ccccc12)Nc1ccc(Oc2ccccc2)nc1. The van der Waals surface area contributed by atoms with Gasteiger partial charge >= 0.3 is 0 Å². The summed E-state index contributed by atoms with van der Waals surface area (Å²) in [6, 6.07) is 20.3. The summed E-state index contributed by atoms with van der Waals surface area (Å²) in [4.78, 5) is 16.5. The fourth-order valence-corrected chi connectivity index (χ4v) is 2.55. The highest BCUT2D eigenvalue weighted by Gasteiger charge is 2.12. The highest BCUT2D eigenvalue weighted by atomic mass is 16.5. The molecule has 0 aliphatic carbocycles. The van der Waals surface area contributed by atoms with Crippen molar-refractivity contribution in [2.75, 3.05) is 5.32 Å². The van der Waals surface area contributed by atoms with E-state index in [1.54, 1.807) is 18.3 Å². The quantitative estimate of drug-likeness (QED) is 0.587. The molecule has 2 heterocycles. The molecule has 0 aliphatic heterocycles. The molecule has 0 unspecified atom stereocenters. The van der Waals surface area contributed by atoms with Crippen molar-refractivity contribution in [3.05, 3.63) is 78.6 Å². The molecular formula is C20H15N3O3. The number of para-hydroxylation sites is 2. The number of nitrogens with one attached hydrogen (secondary N) is 1. The number of pyridine rings is 1. The molecule has 6 nitrogen and oxygen atoms in total. The Hall–Kier alpha value is -3.67. The Bertz CT molecular complexity index is 1030. The van der Waals surface area contributed by atoms with Crippen LogP contribution in [0.2, 0.25) is 0 Å². The molecular weight excluding hydrogens is 330 g/mol. The molecule has 0 saturated carbocycles. The number of ether oxygens (including phenoxy) is 1. The minimum Gasteiger partial charge on any atom is -0.439 e. The lowest BCUT2D eigenvalue weighted by Crippen LogP contribution is -2.14. The maximum absolute atomic E-state index is 12.2. The highest BCUT2D eigenvalue weighted by molar-refractivity contribution is 5.94. The molecule has 0 saturated heterocycles.